The number of methoxy groups -OCH3 is 1. The quantitative estimate of drug-likeness (QED) is 0.841. The molecule has 0 aliphatic carbocycles. The molecule has 1 aliphatic heterocycles. The van der Waals surface area contributed by atoms with Crippen molar-refractivity contribution in [3.8, 4) is 5.75 Å². The summed E-state index contributed by atoms with van der Waals surface area (Å²) in [6, 6.07) is 6.85. The van der Waals surface area contributed by atoms with E-state index >= 15 is 0 Å². The van der Waals surface area contributed by atoms with Crippen molar-refractivity contribution < 1.29 is 9.47 Å². The standard InChI is InChI=1S/C17H26BrNO2/c1-12(2)19-11-17(7-8-21-13(17)3)10-14-5-6-16(20-4)15(18)9-14/h5-6,9,12-13,19H,7-8,10-11H2,1-4H3. The average Bonchev–Trinajstić information content (AvgIpc) is 2.78. The van der Waals surface area contributed by atoms with Crippen LogP contribution >= 0.6 is 15.9 Å². The summed E-state index contributed by atoms with van der Waals surface area (Å²) < 4.78 is 12.2. The molecule has 0 saturated carbocycles. The van der Waals surface area contributed by atoms with E-state index in [1.165, 1.54) is 5.56 Å². The Morgan fingerprint density at radius 3 is 2.76 bits per heavy atom. The molecule has 1 N–H and O–H groups in total. The minimum Gasteiger partial charge on any atom is -0.496 e. The summed E-state index contributed by atoms with van der Waals surface area (Å²) in [5.74, 6) is 0.879. The summed E-state index contributed by atoms with van der Waals surface area (Å²) >= 11 is 3.58. The first kappa shape index (κ1) is 16.8. The van der Waals surface area contributed by atoms with Crippen LogP contribution in [0.4, 0.5) is 0 Å². The average molecular weight is 356 g/mol. The third-order valence-electron chi connectivity index (χ3n) is 4.46. The van der Waals surface area contributed by atoms with Gasteiger partial charge in [-0.3, -0.25) is 0 Å². The molecular formula is C17H26BrNO2. The van der Waals surface area contributed by atoms with Crippen molar-refractivity contribution in [2.45, 2.75) is 45.8 Å². The van der Waals surface area contributed by atoms with E-state index < -0.39 is 0 Å². The van der Waals surface area contributed by atoms with E-state index in [4.69, 9.17) is 9.47 Å². The van der Waals surface area contributed by atoms with Crippen molar-refractivity contribution in [2.24, 2.45) is 5.41 Å². The van der Waals surface area contributed by atoms with E-state index in [9.17, 15) is 0 Å². The highest BCUT2D eigenvalue weighted by Gasteiger charge is 2.41. The highest BCUT2D eigenvalue weighted by molar-refractivity contribution is 9.10. The van der Waals surface area contributed by atoms with Crippen LogP contribution < -0.4 is 10.1 Å². The molecular weight excluding hydrogens is 330 g/mol. The lowest BCUT2D eigenvalue weighted by Crippen LogP contribution is -2.43. The summed E-state index contributed by atoms with van der Waals surface area (Å²) in [5.41, 5.74) is 1.50. The number of rotatable bonds is 6. The van der Waals surface area contributed by atoms with Crippen molar-refractivity contribution in [1.82, 2.24) is 5.32 Å². The number of nitrogens with one attached hydrogen (secondary N) is 1. The fraction of sp³-hybridized carbons (Fsp3) is 0.647. The van der Waals surface area contributed by atoms with Crippen LogP contribution in [0.25, 0.3) is 0 Å². The van der Waals surface area contributed by atoms with Crippen molar-refractivity contribution in [2.75, 3.05) is 20.3 Å². The first-order chi connectivity index (χ1) is 9.97. The topological polar surface area (TPSA) is 30.5 Å². The fourth-order valence-corrected chi connectivity index (χ4v) is 3.57. The Bertz CT molecular complexity index is 478. The molecule has 2 rings (SSSR count). The van der Waals surface area contributed by atoms with Gasteiger partial charge >= 0.3 is 0 Å². The van der Waals surface area contributed by atoms with E-state index in [1.807, 2.05) is 6.07 Å². The molecule has 21 heavy (non-hydrogen) atoms. The molecule has 0 bridgehead atoms. The fourth-order valence-electron chi connectivity index (χ4n) is 2.98. The van der Waals surface area contributed by atoms with E-state index in [2.05, 4.69) is 54.2 Å². The maximum absolute atomic E-state index is 5.87. The van der Waals surface area contributed by atoms with Crippen LogP contribution in [0.3, 0.4) is 0 Å². The van der Waals surface area contributed by atoms with Crippen LogP contribution in [0.5, 0.6) is 5.75 Å². The molecule has 1 aliphatic rings. The Kier molecular flexibility index (Phi) is 5.69. The zero-order chi connectivity index (χ0) is 15.5. The molecule has 0 radical (unpaired) electrons. The molecule has 0 amide bonds. The predicted octanol–water partition coefficient (Wildman–Crippen LogP) is 3.79. The zero-order valence-corrected chi connectivity index (χ0v) is 15.0. The molecule has 118 valence electrons. The predicted molar refractivity (Wildman–Crippen MR) is 90.0 cm³/mol. The second kappa shape index (κ2) is 7.12. The molecule has 1 saturated heterocycles. The van der Waals surface area contributed by atoms with Crippen LogP contribution in [0.1, 0.15) is 32.8 Å². The molecule has 2 unspecified atom stereocenters. The Balaban J connectivity index is 2.17. The third-order valence-corrected chi connectivity index (χ3v) is 5.08. The van der Waals surface area contributed by atoms with Crippen LogP contribution in [0, 0.1) is 5.41 Å². The molecule has 3 nitrogen and oxygen atoms in total. The maximum Gasteiger partial charge on any atom is 0.133 e. The van der Waals surface area contributed by atoms with Crippen LogP contribution in [-0.2, 0) is 11.2 Å². The summed E-state index contributed by atoms with van der Waals surface area (Å²) in [5, 5.41) is 3.60. The van der Waals surface area contributed by atoms with E-state index in [1.54, 1.807) is 7.11 Å². The van der Waals surface area contributed by atoms with Gasteiger partial charge in [0.05, 0.1) is 17.7 Å². The van der Waals surface area contributed by atoms with Gasteiger partial charge in [-0.2, -0.15) is 0 Å². The molecule has 1 fully saturated rings. The second-order valence-electron chi connectivity index (χ2n) is 6.31. The van der Waals surface area contributed by atoms with Crippen molar-refractivity contribution in [3.05, 3.63) is 28.2 Å². The molecule has 1 heterocycles. The zero-order valence-electron chi connectivity index (χ0n) is 13.4. The molecule has 1 aromatic rings. The number of hydrogen-bond acceptors (Lipinski definition) is 3. The number of benzene rings is 1. The monoisotopic (exact) mass is 355 g/mol. The lowest BCUT2D eigenvalue weighted by atomic mass is 9.76. The smallest absolute Gasteiger partial charge is 0.133 e. The Hall–Kier alpha value is -0.580. The van der Waals surface area contributed by atoms with Gasteiger partial charge in [0.15, 0.2) is 0 Å². The van der Waals surface area contributed by atoms with Gasteiger partial charge in [0.25, 0.3) is 0 Å². The van der Waals surface area contributed by atoms with Gasteiger partial charge in [-0.05, 0) is 53.4 Å². The summed E-state index contributed by atoms with van der Waals surface area (Å²) in [6.07, 6.45) is 2.42. The summed E-state index contributed by atoms with van der Waals surface area (Å²) in [4.78, 5) is 0. The van der Waals surface area contributed by atoms with Crippen LogP contribution in [0.2, 0.25) is 0 Å². The van der Waals surface area contributed by atoms with E-state index in [0.29, 0.717) is 6.04 Å². The van der Waals surface area contributed by atoms with Crippen molar-refractivity contribution in [1.29, 1.82) is 0 Å². The number of hydrogen-bond donors (Lipinski definition) is 1. The Morgan fingerprint density at radius 1 is 1.48 bits per heavy atom. The van der Waals surface area contributed by atoms with Gasteiger partial charge in [0.2, 0.25) is 0 Å². The Labute approximate surface area is 136 Å². The van der Waals surface area contributed by atoms with Gasteiger partial charge < -0.3 is 14.8 Å². The SMILES string of the molecule is COc1ccc(CC2(CNC(C)C)CCOC2C)cc1Br. The lowest BCUT2D eigenvalue weighted by molar-refractivity contribution is 0.0620. The normalized spacial score (nSPS) is 25.5. The Morgan fingerprint density at radius 2 is 2.24 bits per heavy atom. The van der Waals surface area contributed by atoms with Gasteiger partial charge in [-0.15, -0.1) is 0 Å². The van der Waals surface area contributed by atoms with E-state index in [-0.39, 0.29) is 11.5 Å². The second-order valence-corrected chi connectivity index (χ2v) is 7.16. The first-order valence-corrected chi connectivity index (χ1v) is 8.43. The van der Waals surface area contributed by atoms with Crippen LogP contribution in [0.15, 0.2) is 22.7 Å². The number of ether oxygens (including phenoxy) is 2. The van der Waals surface area contributed by atoms with Gasteiger partial charge in [-0.1, -0.05) is 19.9 Å². The maximum atomic E-state index is 5.87. The largest absolute Gasteiger partial charge is 0.496 e. The van der Waals surface area contributed by atoms with Crippen molar-refractivity contribution in [3.63, 3.8) is 0 Å². The summed E-state index contributed by atoms with van der Waals surface area (Å²) in [7, 11) is 1.70. The highest BCUT2D eigenvalue weighted by Crippen LogP contribution is 2.39. The minimum atomic E-state index is 0.179. The van der Waals surface area contributed by atoms with Gasteiger partial charge in [0, 0.05) is 24.6 Å². The van der Waals surface area contributed by atoms with Gasteiger partial charge in [0.1, 0.15) is 5.75 Å². The lowest BCUT2D eigenvalue weighted by Gasteiger charge is -2.33. The molecule has 1 aromatic carbocycles. The minimum absolute atomic E-state index is 0.179. The van der Waals surface area contributed by atoms with E-state index in [0.717, 1.165) is 36.2 Å². The highest BCUT2D eigenvalue weighted by atomic mass is 79.9. The van der Waals surface area contributed by atoms with Crippen LogP contribution in [-0.4, -0.2) is 32.4 Å². The molecule has 0 spiro atoms. The van der Waals surface area contributed by atoms with Crippen molar-refractivity contribution >= 4 is 15.9 Å². The van der Waals surface area contributed by atoms with Gasteiger partial charge in [-0.25, -0.2) is 0 Å². The first-order valence-electron chi connectivity index (χ1n) is 7.64. The molecule has 4 heteroatoms. The summed E-state index contributed by atoms with van der Waals surface area (Å²) in [6.45, 7) is 8.44. The molecule has 0 aromatic heterocycles. The molecule has 2 atom stereocenters. The number of halogens is 1. The third kappa shape index (κ3) is 3.99.